The van der Waals surface area contributed by atoms with Gasteiger partial charge in [-0.05, 0) is 58.2 Å². The third kappa shape index (κ3) is 4.97. The molecule has 0 unspecified atom stereocenters. The molecule has 0 saturated carbocycles. The van der Waals surface area contributed by atoms with Crippen LogP contribution in [0.4, 0.5) is 4.39 Å². The van der Waals surface area contributed by atoms with Gasteiger partial charge in [0.1, 0.15) is 17.3 Å². The highest BCUT2D eigenvalue weighted by Crippen LogP contribution is 2.18. The fraction of sp³-hybridized carbons (Fsp3) is 0.235. The van der Waals surface area contributed by atoms with E-state index in [0.29, 0.717) is 17.5 Å². The van der Waals surface area contributed by atoms with Crippen molar-refractivity contribution in [1.82, 2.24) is 0 Å². The second-order valence-corrected chi connectivity index (χ2v) is 5.73. The van der Waals surface area contributed by atoms with Crippen molar-refractivity contribution >= 4 is 21.7 Å². The zero-order valence-corrected chi connectivity index (χ0v) is 13.3. The number of carbonyl (C=O) groups excluding carboxylic acids is 1. The van der Waals surface area contributed by atoms with Crippen LogP contribution in [-0.2, 0) is 11.2 Å². The van der Waals surface area contributed by atoms with Gasteiger partial charge in [-0.2, -0.15) is 0 Å². The molecule has 0 aromatic heterocycles. The molecule has 0 aliphatic carbocycles. The molecule has 2 aromatic carbocycles. The number of hydrogen-bond acceptors (Lipinski definition) is 2. The first-order valence-electron chi connectivity index (χ1n) is 6.69. The molecular formula is C17H16BrFO2. The summed E-state index contributed by atoms with van der Waals surface area (Å²) in [6, 6.07) is 12.3. The first-order valence-corrected chi connectivity index (χ1v) is 7.49. The van der Waals surface area contributed by atoms with Crippen LogP contribution in [0, 0.1) is 12.7 Å². The van der Waals surface area contributed by atoms with Gasteiger partial charge in [0.05, 0.1) is 11.1 Å². The van der Waals surface area contributed by atoms with E-state index in [1.165, 1.54) is 6.07 Å². The highest BCUT2D eigenvalue weighted by atomic mass is 79.9. The molecule has 2 aromatic rings. The standard InChI is InChI=1S/C17H16BrFO2/c1-12-3-2-4-15(9-12)21-8-7-14(20)10-13-5-6-17(19)16(18)11-13/h2-6,9,11H,7-8,10H2,1H3. The number of Topliss-reactive ketones (excluding diaryl/α,β-unsaturated/α-hetero) is 1. The molecule has 2 nitrogen and oxygen atoms in total. The highest BCUT2D eigenvalue weighted by Gasteiger charge is 2.07. The Hall–Kier alpha value is -1.68. The molecule has 0 fully saturated rings. The lowest BCUT2D eigenvalue weighted by atomic mass is 10.1. The minimum atomic E-state index is -0.325. The molecule has 0 N–H and O–H groups in total. The predicted octanol–water partition coefficient (Wildman–Crippen LogP) is 4.48. The van der Waals surface area contributed by atoms with Crippen molar-refractivity contribution in [2.24, 2.45) is 0 Å². The summed E-state index contributed by atoms with van der Waals surface area (Å²) in [6.45, 7) is 2.34. The minimum Gasteiger partial charge on any atom is -0.493 e. The molecule has 21 heavy (non-hydrogen) atoms. The van der Waals surface area contributed by atoms with Crippen molar-refractivity contribution in [1.29, 1.82) is 0 Å². The maximum atomic E-state index is 13.1. The largest absolute Gasteiger partial charge is 0.493 e. The van der Waals surface area contributed by atoms with Crippen LogP contribution >= 0.6 is 15.9 Å². The number of carbonyl (C=O) groups is 1. The first kappa shape index (κ1) is 15.7. The van der Waals surface area contributed by atoms with E-state index in [1.807, 2.05) is 31.2 Å². The number of ether oxygens (including phenoxy) is 1. The van der Waals surface area contributed by atoms with Gasteiger partial charge < -0.3 is 4.74 Å². The number of ketones is 1. The van der Waals surface area contributed by atoms with Crippen molar-refractivity contribution in [3.05, 3.63) is 63.9 Å². The van der Waals surface area contributed by atoms with E-state index < -0.39 is 0 Å². The van der Waals surface area contributed by atoms with Gasteiger partial charge in [-0.25, -0.2) is 4.39 Å². The van der Waals surface area contributed by atoms with E-state index in [0.717, 1.165) is 16.9 Å². The Balaban J connectivity index is 1.81. The summed E-state index contributed by atoms with van der Waals surface area (Å²) in [4.78, 5) is 11.9. The Kier molecular flexibility index (Phi) is 5.51. The van der Waals surface area contributed by atoms with Crippen LogP contribution in [0.15, 0.2) is 46.9 Å². The molecular weight excluding hydrogens is 335 g/mol. The fourth-order valence-corrected chi connectivity index (χ4v) is 2.38. The number of hydrogen-bond donors (Lipinski definition) is 0. The van der Waals surface area contributed by atoms with Gasteiger partial charge in [0, 0.05) is 12.8 Å². The molecule has 0 spiro atoms. The van der Waals surface area contributed by atoms with Crippen LogP contribution in [0.3, 0.4) is 0 Å². The summed E-state index contributed by atoms with van der Waals surface area (Å²) < 4.78 is 19.0. The average Bonchev–Trinajstić information content (AvgIpc) is 2.43. The Morgan fingerprint density at radius 3 is 2.76 bits per heavy atom. The number of halogens is 2. The summed E-state index contributed by atoms with van der Waals surface area (Å²) in [5.41, 5.74) is 1.92. The molecule has 110 valence electrons. The van der Waals surface area contributed by atoms with Crippen LogP contribution in [0.1, 0.15) is 17.5 Å². The van der Waals surface area contributed by atoms with Crippen LogP contribution in [0.25, 0.3) is 0 Å². The lowest BCUT2D eigenvalue weighted by Gasteiger charge is -2.07. The molecule has 2 rings (SSSR count). The summed E-state index contributed by atoms with van der Waals surface area (Å²) >= 11 is 3.11. The van der Waals surface area contributed by atoms with Crippen molar-refractivity contribution in [3.8, 4) is 5.75 Å². The quantitative estimate of drug-likeness (QED) is 0.767. The Morgan fingerprint density at radius 1 is 1.24 bits per heavy atom. The maximum Gasteiger partial charge on any atom is 0.140 e. The SMILES string of the molecule is Cc1cccc(OCCC(=O)Cc2ccc(F)c(Br)c2)c1. The molecule has 0 aliphatic heterocycles. The molecule has 0 aliphatic rings. The smallest absolute Gasteiger partial charge is 0.140 e. The number of aryl methyl sites for hydroxylation is 1. The van der Waals surface area contributed by atoms with Crippen LogP contribution in [-0.4, -0.2) is 12.4 Å². The van der Waals surface area contributed by atoms with Crippen molar-refractivity contribution in [3.63, 3.8) is 0 Å². The van der Waals surface area contributed by atoms with Crippen LogP contribution in [0.5, 0.6) is 5.75 Å². The molecule has 0 bridgehead atoms. The van der Waals surface area contributed by atoms with Gasteiger partial charge >= 0.3 is 0 Å². The third-order valence-electron chi connectivity index (χ3n) is 3.02. The average molecular weight is 351 g/mol. The zero-order chi connectivity index (χ0) is 15.2. The van der Waals surface area contributed by atoms with E-state index in [2.05, 4.69) is 15.9 Å². The van der Waals surface area contributed by atoms with Gasteiger partial charge in [0.25, 0.3) is 0 Å². The highest BCUT2D eigenvalue weighted by molar-refractivity contribution is 9.10. The molecule has 0 amide bonds. The second-order valence-electron chi connectivity index (χ2n) is 4.88. The second kappa shape index (κ2) is 7.36. The first-order chi connectivity index (χ1) is 10.0. The van der Waals surface area contributed by atoms with E-state index >= 15 is 0 Å². The van der Waals surface area contributed by atoms with Crippen LogP contribution in [0.2, 0.25) is 0 Å². The monoisotopic (exact) mass is 350 g/mol. The van der Waals surface area contributed by atoms with E-state index in [4.69, 9.17) is 4.74 Å². The minimum absolute atomic E-state index is 0.0705. The van der Waals surface area contributed by atoms with Gasteiger partial charge in [-0.1, -0.05) is 18.2 Å². The summed E-state index contributed by atoms with van der Waals surface area (Å²) in [7, 11) is 0. The molecule has 0 heterocycles. The molecule has 0 radical (unpaired) electrons. The molecule has 0 saturated heterocycles. The summed E-state index contributed by atoms with van der Waals surface area (Å²) in [5, 5.41) is 0. The van der Waals surface area contributed by atoms with E-state index in [-0.39, 0.29) is 18.0 Å². The molecule has 0 atom stereocenters. The summed E-state index contributed by atoms with van der Waals surface area (Å²) in [6.07, 6.45) is 0.624. The number of rotatable bonds is 6. The van der Waals surface area contributed by atoms with Gasteiger partial charge in [0.15, 0.2) is 0 Å². The lowest BCUT2D eigenvalue weighted by molar-refractivity contribution is -0.118. The van der Waals surface area contributed by atoms with E-state index in [9.17, 15) is 9.18 Å². The predicted molar refractivity (Wildman–Crippen MR) is 84.1 cm³/mol. The maximum absolute atomic E-state index is 13.1. The van der Waals surface area contributed by atoms with Gasteiger partial charge in [-0.3, -0.25) is 4.79 Å². The van der Waals surface area contributed by atoms with Crippen molar-refractivity contribution in [2.45, 2.75) is 19.8 Å². The normalized spacial score (nSPS) is 10.4. The van der Waals surface area contributed by atoms with Crippen LogP contribution < -0.4 is 4.74 Å². The fourth-order valence-electron chi connectivity index (χ4n) is 1.95. The van der Waals surface area contributed by atoms with Gasteiger partial charge in [-0.15, -0.1) is 0 Å². The Morgan fingerprint density at radius 2 is 2.05 bits per heavy atom. The summed E-state index contributed by atoms with van der Waals surface area (Å²) in [5.74, 6) is 0.516. The molecule has 4 heteroatoms. The van der Waals surface area contributed by atoms with Gasteiger partial charge in [0.2, 0.25) is 0 Å². The topological polar surface area (TPSA) is 26.3 Å². The third-order valence-corrected chi connectivity index (χ3v) is 3.63. The van der Waals surface area contributed by atoms with Crippen molar-refractivity contribution < 1.29 is 13.9 Å². The number of benzene rings is 2. The van der Waals surface area contributed by atoms with Crippen molar-refractivity contribution in [2.75, 3.05) is 6.61 Å². The zero-order valence-electron chi connectivity index (χ0n) is 11.7. The Bertz CT molecular complexity index is 640. The van der Waals surface area contributed by atoms with E-state index in [1.54, 1.807) is 12.1 Å². The lowest BCUT2D eigenvalue weighted by Crippen LogP contribution is -2.09. The Labute approximate surface area is 132 Å².